The smallest absolute Gasteiger partial charge is 0.321 e. The number of piperazine rings is 1. The fourth-order valence-corrected chi connectivity index (χ4v) is 1.90. The molecule has 7 nitrogen and oxygen atoms in total. The minimum atomic E-state index is -0.544. The van der Waals surface area contributed by atoms with Crippen LogP contribution in [0.3, 0.4) is 0 Å². The van der Waals surface area contributed by atoms with E-state index < -0.39 is 4.92 Å². The zero-order valence-electron chi connectivity index (χ0n) is 9.88. The van der Waals surface area contributed by atoms with Gasteiger partial charge in [-0.2, -0.15) is 0 Å². The second kappa shape index (κ2) is 5.83. The van der Waals surface area contributed by atoms with Gasteiger partial charge in [-0.3, -0.25) is 4.79 Å². The Hall–Kier alpha value is -1.60. The van der Waals surface area contributed by atoms with Gasteiger partial charge in [-0.1, -0.05) is 0 Å². The standard InChI is InChI=1S/C10H14N4O3.ClH/c1-7-6-13(5-4-11-7)10(15)8-2-3-9(12-8)14(16)17;/h2-3,7,11-12H,4-6H2,1H3;1H/t7-;/m1./s1. The number of halogens is 1. The number of hydrogen-bond donors (Lipinski definition) is 2. The Morgan fingerprint density at radius 2 is 2.28 bits per heavy atom. The highest BCUT2D eigenvalue weighted by Crippen LogP contribution is 2.13. The van der Waals surface area contributed by atoms with E-state index in [9.17, 15) is 14.9 Å². The molecule has 1 aliphatic rings. The molecule has 2 rings (SSSR count). The minimum Gasteiger partial charge on any atom is -0.358 e. The minimum absolute atomic E-state index is 0. The Labute approximate surface area is 110 Å². The number of nitro groups is 1. The van der Waals surface area contributed by atoms with Crippen LogP contribution in [-0.4, -0.2) is 46.4 Å². The number of H-pyrrole nitrogens is 1. The maximum absolute atomic E-state index is 12.0. The Kier molecular flexibility index (Phi) is 4.69. The molecular weight excluding hydrogens is 260 g/mol. The van der Waals surface area contributed by atoms with Crippen LogP contribution in [0.5, 0.6) is 0 Å². The topological polar surface area (TPSA) is 91.3 Å². The van der Waals surface area contributed by atoms with Crippen molar-refractivity contribution in [3.63, 3.8) is 0 Å². The molecule has 2 N–H and O–H groups in total. The molecule has 18 heavy (non-hydrogen) atoms. The summed E-state index contributed by atoms with van der Waals surface area (Å²) >= 11 is 0. The molecule has 1 saturated heterocycles. The molecule has 0 saturated carbocycles. The largest absolute Gasteiger partial charge is 0.358 e. The third-order valence-electron chi connectivity index (χ3n) is 2.75. The van der Waals surface area contributed by atoms with E-state index in [1.54, 1.807) is 4.90 Å². The first kappa shape index (κ1) is 14.5. The van der Waals surface area contributed by atoms with Crippen molar-refractivity contribution < 1.29 is 9.72 Å². The van der Waals surface area contributed by atoms with Gasteiger partial charge in [0.05, 0.1) is 0 Å². The summed E-state index contributed by atoms with van der Waals surface area (Å²) in [6.07, 6.45) is 0. The predicted molar refractivity (Wildman–Crippen MR) is 68.1 cm³/mol. The van der Waals surface area contributed by atoms with E-state index in [-0.39, 0.29) is 35.9 Å². The Morgan fingerprint density at radius 1 is 1.56 bits per heavy atom. The van der Waals surface area contributed by atoms with Gasteiger partial charge in [0.2, 0.25) is 0 Å². The van der Waals surface area contributed by atoms with Crippen molar-refractivity contribution in [2.75, 3.05) is 19.6 Å². The van der Waals surface area contributed by atoms with Crippen molar-refractivity contribution in [2.45, 2.75) is 13.0 Å². The van der Waals surface area contributed by atoms with E-state index in [1.807, 2.05) is 6.92 Å². The van der Waals surface area contributed by atoms with Crippen LogP contribution in [0.1, 0.15) is 17.4 Å². The molecule has 0 spiro atoms. The lowest BCUT2D eigenvalue weighted by atomic mass is 10.2. The second-order valence-electron chi connectivity index (χ2n) is 4.12. The molecule has 0 unspecified atom stereocenters. The highest BCUT2D eigenvalue weighted by Gasteiger charge is 2.25. The number of carbonyl (C=O) groups is 1. The van der Waals surface area contributed by atoms with Crippen molar-refractivity contribution in [3.8, 4) is 0 Å². The van der Waals surface area contributed by atoms with E-state index in [0.29, 0.717) is 13.1 Å². The van der Waals surface area contributed by atoms with Crippen LogP contribution in [0.25, 0.3) is 0 Å². The highest BCUT2D eigenvalue weighted by molar-refractivity contribution is 5.93. The van der Waals surface area contributed by atoms with Crippen LogP contribution in [0, 0.1) is 10.1 Å². The zero-order valence-corrected chi connectivity index (χ0v) is 10.7. The summed E-state index contributed by atoms with van der Waals surface area (Å²) in [7, 11) is 0. The first-order valence-electron chi connectivity index (χ1n) is 5.44. The average Bonchev–Trinajstić information content (AvgIpc) is 2.77. The third-order valence-corrected chi connectivity index (χ3v) is 2.75. The molecule has 0 bridgehead atoms. The van der Waals surface area contributed by atoms with E-state index in [0.717, 1.165) is 6.54 Å². The number of hydrogen-bond acceptors (Lipinski definition) is 4. The van der Waals surface area contributed by atoms with Crippen LogP contribution < -0.4 is 5.32 Å². The molecule has 1 atom stereocenters. The average molecular weight is 275 g/mol. The van der Waals surface area contributed by atoms with Crippen LogP contribution in [0.15, 0.2) is 12.1 Å². The number of aromatic nitrogens is 1. The molecule has 2 heterocycles. The van der Waals surface area contributed by atoms with Crippen molar-refractivity contribution in [1.29, 1.82) is 0 Å². The van der Waals surface area contributed by atoms with Crippen molar-refractivity contribution in [1.82, 2.24) is 15.2 Å². The summed E-state index contributed by atoms with van der Waals surface area (Å²) in [5, 5.41) is 13.7. The fraction of sp³-hybridized carbons (Fsp3) is 0.500. The van der Waals surface area contributed by atoms with Crippen molar-refractivity contribution in [2.24, 2.45) is 0 Å². The fourth-order valence-electron chi connectivity index (χ4n) is 1.90. The van der Waals surface area contributed by atoms with Crippen LogP contribution in [0.4, 0.5) is 5.82 Å². The van der Waals surface area contributed by atoms with E-state index in [2.05, 4.69) is 10.3 Å². The number of amides is 1. The van der Waals surface area contributed by atoms with Crippen LogP contribution in [-0.2, 0) is 0 Å². The van der Waals surface area contributed by atoms with Gasteiger partial charge in [-0.15, -0.1) is 12.4 Å². The lowest BCUT2D eigenvalue weighted by Gasteiger charge is -2.31. The summed E-state index contributed by atoms with van der Waals surface area (Å²) in [5.74, 6) is -0.344. The van der Waals surface area contributed by atoms with Gasteiger partial charge in [0, 0.05) is 31.7 Å². The van der Waals surface area contributed by atoms with Gasteiger partial charge in [0.25, 0.3) is 5.91 Å². The zero-order chi connectivity index (χ0) is 12.4. The normalized spacial score (nSPS) is 19.2. The number of aromatic amines is 1. The van der Waals surface area contributed by atoms with Crippen molar-refractivity contribution in [3.05, 3.63) is 27.9 Å². The summed E-state index contributed by atoms with van der Waals surface area (Å²) in [4.78, 5) is 26.2. The monoisotopic (exact) mass is 274 g/mol. The van der Waals surface area contributed by atoms with Crippen LogP contribution >= 0.6 is 12.4 Å². The van der Waals surface area contributed by atoms with Crippen LogP contribution in [0.2, 0.25) is 0 Å². The van der Waals surface area contributed by atoms with Gasteiger partial charge in [0.1, 0.15) is 0 Å². The molecule has 0 aromatic carbocycles. The summed E-state index contributed by atoms with van der Waals surface area (Å²) < 4.78 is 0. The molecule has 1 amide bonds. The lowest BCUT2D eigenvalue weighted by molar-refractivity contribution is -0.389. The molecule has 1 aliphatic heterocycles. The lowest BCUT2D eigenvalue weighted by Crippen LogP contribution is -2.51. The number of rotatable bonds is 2. The third kappa shape index (κ3) is 2.99. The van der Waals surface area contributed by atoms with Gasteiger partial charge >= 0.3 is 5.82 Å². The summed E-state index contributed by atoms with van der Waals surface area (Å²) in [5.41, 5.74) is 0.269. The van der Waals surface area contributed by atoms with E-state index >= 15 is 0 Å². The molecule has 1 fully saturated rings. The second-order valence-corrected chi connectivity index (χ2v) is 4.12. The van der Waals surface area contributed by atoms with Gasteiger partial charge in [-0.05, 0) is 17.9 Å². The Balaban J connectivity index is 0.00000162. The Morgan fingerprint density at radius 3 is 2.83 bits per heavy atom. The number of nitrogens with zero attached hydrogens (tertiary/aromatic N) is 2. The molecule has 8 heteroatoms. The van der Waals surface area contributed by atoms with Gasteiger partial charge < -0.3 is 20.3 Å². The van der Waals surface area contributed by atoms with E-state index in [4.69, 9.17) is 0 Å². The maximum Gasteiger partial charge on any atom is 0.321 e. The first-order chi connectivity index (χ1) is 8.08. The first-order valence-corrected chi connectivity index (χ1v) is 5.44. The maximum atomic E-state index is 12.0. The molecular formula is C10H15ClN4O3. The molecule has 1 aromatic heterocycles. The summed E-state index contributed by atoms with van der Waals surface area (Å²) in [6, 6.07) is 3.00. The molecule has 100 valence electrons. The molecule has 1 aromatic rings. The van der Waals surface area contributed by atoms with Gasteiger partial charge in [-0.25, -0.2) is 4.98 Å². The predicted octanol–water partition coefficient (Wildman–Crippen LogP) is 0.779. The summed E-state index contributed by atoms with van der Waals surface area (Å²) in [6.45, 7) is 3.98. The Bertz CT molecular complexity index is 448. The molecule has 0 aliphatic carbocycles. The molecule has 0 radical (unpaired) electrons. The number of nitrogens with one attached hydrogen (secondary N) is 2. The number of carbonyl (C=O) groups excluding carboxylic acids is 1. The van der Waals surface area contributed by atoms with Gasteiger partial charge in [0.15, 0.2) is 5.69 Å². The quantitative estimate of drug-likeness (QED) is 0.616. The van der Waals surface area contributed by atoms with Crippen molar-refractivity contribution >= 4 is 24.1 Å². The highest BCUT2D eigenvalue weighted by atomic mass is 35.5. The SMILES string of the molecule is C[C@@H]1CN(C(=O)c2ccc([N+](=O)[O-])[nH]2)CCN1.Cl. The van der Waals surface area contributed by atoms with E-state index in [1.165, 1.54) is 12.1 Å².